The van der Waals surface area contributed by atoms with Crippen molar-refractivity contribution >= 4 is 39.3 Å². The second-order valence-corrected chi connectivity index (χ2v) is 8.98. The van der Waals surface area contributed by atoms with E-state index in [0.29, 0.717) is 17.3 Å². The van der Waals surface area contributed by atoms with Crippen molar-refractivity contribution < 1.29 is 9.53 Å². The smallest absolute Gasteiger partial charge is 0.411 e. The van der Waals surface area contributed by atoms with E-state index in [1.807, 2.05) is 25.7 Å². The highest BCUT2D eigenvalue weighted by atomic mass is 79.9. The lowest BCUT2D eigenvalue weighted by Gasteiger charge is -2.36. The summed E-state index contributed by atoms with van der Waals surface area (Å²) < 4.78 is 8.08. The zero-order chi connectivity index (χ0) is 18.0. The maximum atomic E-state index is 12.9. The van der Waals surface area contributed by atoms with Crippen molar-refractivity contribution in [2.75, 3.05) is 0 Å². The first-order valence-electron chi connectivity index (χ1n) is 8.46. The van der Waals surface area contributed by atoms with Gasteiger partial charge < -0.3 is 4.74 Å². The van der Waals surface area contributed by atoms with Crippen LogP contribution >= 0.6 is 27.5 Å². The molecule has 8 heteroatoms. The lowest BCUT2D eigenvalue weighted by Crippen LogP contribution is -2.45. The van der Waals surface area contributed by atoms with Gasteiger partial charge in [0.25, 0.3) is 0 Å². The van der Waals surface area contributed by atoms with E-state index in [1.165, 1.54) is 0 Å². The Bertz CT molecular complexity index is 868. The van der Waals surface area contributed by atoms with Crippen LogP contribution in [0, 0.1) is 0 Å². The lowest BCUT2D eigenvalue weighted by molar-refractivity contribution is -0.00119. The van der Waals surface area contributed by atoms with E-state index in [1.54, 1.807) is 10.7 Å². The van der Waals surface area contributed by atoms with Crippen molar-refractivity contribution in [3.63, 3.8) is 0 Å². The van der Waals surface area contributed by atoms with Crippen LogP contribution in [0.5, 0.6) is 0 Å². The first-order valence-corrected chi connectivity index (χ1v) is 9.63. The molecule has 4 rings (SSSR count). The molecule has 2 aromatic heterocycles. The number of halogens is 2. The van der Waals surface area contributed by atoms with E-state index in [-0.39, 0.29) is 6.09 Å². The molecule has 0 radical (unpaired) electrons. The quantitative estimate of drug-likeness (QED) is 0.573. The SMILES string of the molecule is CC(C)(C)OC(=O)N1Cc2c(nc3c(Br)cnn3c2Cl)C12CCCC2. The van der Waals surface area contributed by atoms with E-state index >= 15 is 0 Å². The summed E-state index contributed by atoms with van der Waals surface area (Å²) in [5.41, 5.74) is 1.49. The number of nitrogens with zero attached hydrogens (tertiary/aromatic N) is 4. The number of carbonyl (C=O) groups excluding carboxylic acids is 1. The third-order valence-corrected chi connectivity index (χ3v) is 5.91. The lowest BCUT2D eigenvalue weighted by atomic mass is 9.93. The highest BCUT2D eigenvalue weighted by Crippen LogP contribution is 2.51. The second-order valence-electron chi connectivity index (χ2n) is 7.76. The van der Waals surface area contributed by atoms with Gasteiger partial charge in [0.1, 0.15) is 10.8 Å². The van der Waals surface area contributed by atoms with E-state index in [4.69, 9.17) is 21.3 Å². The zero-order valence-electron chi connectivity index (χ0n) is 14.5. The topological polar surface area (TPSA) is 59.7 Å². The molecule has 1 amide bonds. The average molecular weight is 428 g/mol. The molecular weight excluding hydrogens is 408 g/mol. The van der Waals surface area contributed by atoms with Gasteiger partial charge in [0, 0.05) is 5.56 Å². The Kier molecular flexibility index (Phi) is 3.81. The molecule has 0 bridgehead atoms. The number of hydrogen-bond acceptors (Lipinski definition) is 4. The maximum absolute atomic E-state index is 12.9. The molecule has 0 N–H and O–H groups in total. The number of fused-ring (bicyclic) bond motifs is 3. The van der Waals surface area contributed by atoms with Crippen LogP contribution in [-0.4, -0.2) is 31.2 Å². The molecule has 1 spiro atoms. The van der Waals surface area contributed by atoms with E-state index in [9.17, 15) is 4.79 Å². The minimum atomic E-state index is -0.541. The van der Waals surface area contributed by atoms with Crippen LogP contribution in [0.2, 0.25) is 5.15 Å². The van der Waals surface area contributed by atoms with E-state index in [0.717, 1.165) is 41.4 Å². The largest absolute Gasteiger partial charge is 0.444 e. The molecule has 134 valence electrons. The monoisotopic (exact) mass is 426 g/mol. The summed E-state index contributed by atoms with van der Waals surface area (Å²) in [5.74, 6) is 0. The van der Waals surface area contributed by atoms with Gasteiger partial charge in [-0.3, -0.25) is 4.90 Å². The minimum Gasteiger partial charge on any atom is -0.444 e. The van der Waals surface area contributed by atoms with Gasteiger partial charge in [0.15, 0.2) is 5.65 Å². The first kappa shape index (κ1) is 17.1. The minimum absolute atomic E-state index is 0.305. The molecule has 1 aliphatic carbocycles. The van der Waals surface area contributed by atoms with Crippen LogP contribution in [0.25, 0.3) is 5.65 Å². The van der Waals surface area contributed by atoms with Crippen LogP contribution < -0.4 is 0 Å². The second kappa shape index (κ2) is 5.58. The fourth-order valence-corrected chi connectivity index (χ4v) is 4.57. The summed E-state index contributed by atoms with van der Waals surface area (Å²) in [5, 5.41) is 4.80. The third-order valence-electron chi connectivity index (χ3n) is 4.96. The summed E-state index contributed by atoms with van der Waals surface area (Å²) in [4.78, 5) is 19.6. The highest BCUT2D eigenvalue weighted by Gasteiger charge is 2.52. The number of carbonyl (C=O) groups is 1. The van der Waals surface area contributed by atoms with Crippen LogP contribution in [-0.2, 0) is 16.8 Å². The molecule has 25 heavy (non-hydrogen) atoms. The Hall–Kier alpha value is -1.34. The zero-order valence-corrected chi connectivity index (χ0v) is 16.8. The molecule has 3 heterocycles. The summed E-state index contributed by atoms with van der Waals surface area (Å²) in [6, 6.07) is 0. The molecule has 1 fully saturated rings. The molecule has 6 nitrogen and oxygen atoms in total. The van der Waals surface area contributed by atoms with Crippen LogP contribution in [0.1, 0.15) is 57.7 Å². The maximum Gasteiger partial charge on any atom is 0.411 e. The van der Waals surface area contributed by atoms with Crippen molar-refractivity contribution in [1.29, 1.82) is 0 Å². The number of ether oxygens (including phenoxy) is 1. The summed E-state index contributed by atoms with van der Waals surface area (Å²) in [6.07, 6.45) is 5.26. The van der Waals surface area contributed by atoms with Gasteiger partial charge in [-0.05, 0) is 49.5 Å². The fraction of sp³-hybridized carbons (Fsp3) is 0.588. The Morgan fingerprint density at radius 3 is 2.68 bits per heavy atom. The molecule has 0 unspecified atom stereocenters. The molecule has 2 aromatic rings. The standard InChI is InChI=1S/C17H20BrClN4O2/c1-16(2,3)25-15(24)22-9-10-12(17(22)6-4-5-7-17)21-14-11(18)8-20-23(14)13(10)19/h8H,4-7,9H2,1-3H3. The van der Waals surface area contributed by atoms with Crippen molar-refractivity contribution in [2.45, 2.75) is 64.1 Å². The van der Waals surface area contributed by atoms with Gasteiger partial charge in [0.05, 0.1) is 28.4 Å². The van der Waals surface area contributed by atoms with Crippen molar-refractivity contribution in [1.82, 2.24) is 19.5 Å². The number of rotatable bonds is 0. The molecule has 0 saturated heterocycles. The van der Waals surface area contributed by atoms with E-state index < -0.39 is 11.1 Å². The van der Waals surface area contributed by atoms with Gasteiger partial charge in [-0.2, -0.15) is 5.10 Å². The first-order chi connectivity index (χ1) is 11.7. The van der Waals surface area contributed by atoms with Gasteiger partial charge >= 0.3 is 6.09 Å². The predicted octanol–water partition coefficient (Wildman–Crippen LogP) is 4.67. The Morgan fingerprint density at radius 1 is 1.36 bits per heavy atom. The summed E-state index contributed by atoms with van der Waals surface area (Å²) in [7, 11) is 0. The fourth-order valence-electron chi connectivity index (χ4n) is 3.95. The Morgan fingerprint density at radius 2 is 2.04 bits per heavy atom. The van der Waals surface area contributed by atoms with Gasteiger partial charge in [-0.1, -0.05) is 24.4 Å². The van der Waals surface area contributed by atoms with Crippen molar-refractivity contribution in [3.05, 3.63) is 27.1 Å². The third kappa shape index (κ3) is 2.54. The molecule has 0 atom stereocenters. The predicted molar refractivity (Wildman–Crippen MR) is 97.6 cm³/mol. The van der Waals surface area contributed by atoms with Gasteiger partial charge in [-0.25, -0.2) is 14.3 Å². The molecular formula is C17H20BrClN4O2. The molecule has 0 aromatic carbocycles. The normalized spacial score (nSPS) is 19.0. The Balaban J connectivity index is 1.86. The summed E-state index contributed by atoms with van der Waals surface area (Å²) in [6.45, 7) is 6.05. The Labute approximate surface area is 159 Å². The molecule has 1 aliphatic heterocycles. The molecule has 2 aliphatic rings. The van der Waals surface area contributed by atoms with Crippen LogP contribution in [0.4, 0.5) is 4.79 Å². The number of aromatic nitrogens is 3. The summed E-state index contributed by atoms with van der Waals surface area (Å²) >= 11 is 10.1. The average Bonchev–Trinajstić information content (AvgIpc) is 3.20. The number of amides is 1. The van der Waals surface area contributed by atoms with Gasteiger partial charge in [0.2, 0.25) is 0 Å². The van der Waals surface area contributed by atoms with E-state index in [2.05, 4.69) is 21.0 Å². The molecule has 1 saturated carbocycles. The van der Waals surface area contributed by atoms with Crippen molar-refractivity contribution in [3.8, 4) is 0 Å². The van der Waals surface area contributed by atoms with Crippen LogP contribution in [0.3, 0.4) is 0 Å². The van der Waals surface area contributed by atoms with Gasteiger partial charge in [-0.15, -0.1) is 0 Å². The van der Waals surface area contributed by atoms with Crippen LogP contribution in [0.15, 0.2) is 10.7 Å². The van der Waals surface area contributed by atoms with Crippen molar-refractivity contribution in [2.24, 2.45) is 0 Å². The number of hydrogen-bond donors (Lipinski definition) is 0. The highest BCUT2D eigenvalue weighted by molar-refractivity contribution is 9.10.